The predicted molar refractivity (Wildman–Crippen MR) is 71.9 cm³/mol. The number of hydrogen-bond acceptors (Lipinski definition) is 5. The van der Waals surface area contributed by atoms with Crippen LogP contribution in [0.25, 0.3) is 0 Å². The van der Waals surface area contributed by atoms with E-state index in [0.717, 1.165) is 5.56 Å². The summed E-state index contributed by atoms with van der Waals surface area (Å²) in [5.41, 5.74) is 1.45. The van der Waals surface area contributed by atoms with Crippen LogP contribution in [0.5, 0.6) is 0 Å². The van der Waals surface area contributed by atoms with Crippen molar-refractivity contribution in [2.45, 2.75) is 6.61 Å². The fraction of sp³-hybridized carbons (Fsp3) is 0.143. The summed E-state index contributed by atoms with van der Waals surface area (Å²) in [6, 6.07) is 6.43. The third-order valence-corrected chi connectivity index (χ3v) is 2.55. The first kappa shape index (κ1) is 13.8. The monoisotopic (exact) mass is 271 g/mol. The zero-order valence-electron chi connectivity index (χ0n) is 10.6. The summed E-state index contributed by atoms with van der Waals surface area (Å²) in [5.74, 6) is -1.04. The van der Waals surface area contributed by atoms with E-state index >= 15 is 0 Å². The third kappa shape index (κ3) is 3.69. The van der Waals surface area contributed by atoms with Gasteiger partial charge in [-0.1, -0.05) is 6.07 Å². The van der Waals surface area contributed by atoms with Gasteiger partial charge in [-0.25, -0.2) is 4.79 Å². The van der Waals surface area contributed by atoms with Crippen LogP contribution < -0.4 is 0 Å². The summed E-state index contributed by atoms with van der Waals surface area (Å²) < 4.78 is 5.38. The Kier molecular flexibility index (Phi) is 4.52. The Balaban J connectivity index is 1.92. The van der Waals surface area contributed by atoms with Gasteiger partial charge in [0, 0.05) is 18.6 Å². The van der Waals surface area contributed by atoms with Crippen LogP contribution in [0.1, 0.15) is 21.6 Å². The Bertz CT molecular complexity index is 614. The third-order valence-electron chi connectivity index (χ3n) is 2.55. The molecule has 2 heterocycles. The number of carbonyl (C=O) groups is 1. The molecule has 0 radical (unpaired) electrons. The molecule has 0 atom stereocenters. The van der Waals surface area contributed by atoms with Gasteiger partial charge in [-0.15, -0.1) is 0 Å². The summed E-state index contributed by atoms with van der Waals surface area (Å²) in [5, 5.41) is 16.7. The highest BCUT2D eigenvalue weighted by atomic mass is 16.5. The van der Waals surface area contributed by atoms with Crippen LogP contribution in [0.3, 0.4) is 0 Å². The average molecular weight is 271 g/mol. The van der Waals surface area contributed by atoms with Gasteiger partial charge in [-0.05, 0) is 23.8 Å². The van der Waals surface area contributed by atoms with E-state index in [0.29, 0.717) is 12.3 Å². The van der Waals surface area contributed by atoms with Crippen molar-refractivity contribution in [3.63, 3.8) is 0 Å². The predicted octanol–water partition coefficient (Wildman–Crippen LogP) is 1.76. The van der Waals surface area contributed by atoms with E-state index in [9.17, 15) is 4.79 Å². The van der Waals surface area contributed by atoms with E-state index in [4.69, 9.17) is 15.3 Å². The van der Waals surface area contributed by atoms with Crippen LogP contribution in [0, 0.1) is 5.41 Å². The van der Waals surface area contributed by atoms with E-state index < -0.39 is 5.97 Å². The van der Waals surface area contributed by atoms with Crippen molar-refractivity contribution in [2.75, 3.05) is 6.61 Å². The van der Waals surface area contributed by atoms with Gasteiger partial charge in [0.05, 0.1) is 30.2 Å². The largest absolute Gasteiger partial charge is 0.478 e. The molecule has 0 aliphatic rings. The molecule has 20 heavy (non-hydrogen) atoms. The lowest BCUT2D eigenvalue weighted by atomic mass is 10.2. The van der Waals surface area contributed by atoms with Gasteiger partial charge in [0.15, 0.2) is 0 Å². The standard InChI is InChI=1S/C14H13N3O3/c15-12(9-20-8-10-2-1-4-16-7-10)13-6-11(14(18)19)3-5-17-13/h1-7,15H,8-9H2,(H,18,19). The van der Waals surface area contributed by atoms with Crippen molar-refractivity contribution >= 4 is 11.7 Å². The van der Waals surface area contributed by atoms with Crippen molar-refractivity contribution in [3.05, 3.63) is 59.7 Å². The number of carboxylic acid groups (broad SMARTS) is 1. The zero-order valence-corrected chi connectivity index (χ0v) is 10.6. The van der Waals surface area contributed by atoms with Crippen LogP contribution in [-0.2, 0) is 11.3 Å². The van der Waals surface area contributed by atoms with Crippen LogP contribution in [0.15, 0.2) is 42.9 Å². The number of nitrogens with zero attached hydrogens (tertiary/aromatic N) is 2. The Morgan fingerprint density at radius 3 is 2.90 bits per heavy atom. The number of rotatable bonds is 6. The van der Waals surface area contributed by atoms with E-state index in [1.165, 1.54) is 18.3 Å². The molecule has 0 fully saturated rings. The Labute approximate surface area is 115 Å². The second kappa shape index (κ2) is 6.53. The molecule has 0 unspecified atom stereocenters. The Morgan fingerprint density at radius 2 is 2.20 bits per heavy atom. The molecular formula is C14H13N3O3. The second-order valence-corrected chi connectivity index (χ2v) is 4.07. The molecule has 0 saturated carbocycles. The van der Waals surface area contributed by atoms with Gasteiger partial charge in [0.1, 0.15) is 0 Å². The normalized spacial score (nSPS) is 10.2. The number of carboxylic acids is 1. The van der Waals surface area contributed by atoms with E-state index in [2.05, 4.69) is 9.97 Å². The fourth-order valence-corrected chi connectivity index (χ4v) is 1.56. The lowest BCUT2D eigenvalue weighted by Crippen LogP contribution is -2.12. The van der Waals surface area contributed by atoms with Gasteiger partial charge >= 0.3 is 5.97 Å². The highest BCUT2D eigenvalue weighted by Gasteiger charge is 2.08. The summed E-state index contributed by atoms with van der Waals surface area (Å²) in [4.78, 5) is 18.8. The minimum absolute atomic E-state index is 0.0605. The van der Waals surface area contributed by atoms with Crippen molar-refractivity contribution in [2.24, 2.45) is 0 Å². The van der Waals surface area contributed by atoms with Crippen LogP contribution >= 0.6 is 0 Å². The topological polar surface area (TPSA) is 96.2 Å². The fourth-order valence-electron chi connectivity index (χ4n) is 1.56. The molecule has 2 aromatic rings. The quantitative estimate of drug-likeness (QED) is 0.780. The average Bonchev–Trinajstić information content (AvgIpc) is 2.48. The highest BCUT2D eigenvalue weighted by molar-refractivity contribution is 5.99. The number of aromatic nitrogens is 2. The molecule has 0 aliphatic carbocycles. The van der Waals surface area contributed by atoms with Crippen molar-refractivity contribution in [3.8, 4) is 0 Å². The molecule has 2 N–H and O–H groups in total. The van der Waals surface area contributed by atoms with Crippen molar-refractivity contribution < 1.29 is 14.6 Å². The number of ether oxygens (including phenoxy) is 1. The number of aromatic carboxylic acids is 1. The Morgan fingerprint density at radius 1 is 1.35 bits per heavy atom. The lowest BCUT2D eigenvalue weighted by molar-refractivity contribution is 0.0696. The minimum atomic E-state index is -1.04. The van der Waals surface area contributed by atoms with Crippen molar-refractivity contribution in [1.82, 2.24) is 9.97 Å². The molecule has 0 aliphatic heterocycles. The van der Waals surface area contributed by atoms with Gasteiger partial charge in [-0.3, -0.25) is 9.97 Å². The molecule has 0 spiro atoms. The maximum Gasteiger partial charge on any atom is 0.335 e. The van der Waals surface area contributed by atoms with Gasteiger partial charge in [0.25, 0.3) is 0 Å². The first-order chi connectivity index (χ1) is 9.66. The van der Waals surface area contributed by atoms with Crippen LogP contribution in [-0.4, -0.2) is 33.4 Å². The minimum Gasteiger partial charge on any atom is -0.478 e. The first-order valence-electron chi connectivity index (χ1n) is 5.90. The van der Waals surface area contributed by atoms with Crippen LogP contribution in [0.2, 0.25) is 0 Å². The molecule has 102 valence electrons. The number of hydrogen-bond donors (Lipinski definition) is 2. The van der Waals surface area contributed by atoms with Gasteiger partial charge < -0.3 is 15.3 Å². The SMILES string of the molecule is N=C(COCc1cccnc1)c1cc(C(=O)O)ccn1. The summed E-state index contributed by atoms with van der Waals surface area (Å²) >= 11 is 0. The molecule has 0 saturated heterocycles. The van der Waals surface area contributed by atoms with Gasteiger partial charge in [-0.2, -0.15) is 0 Å². The maximum atomic E-state index is 10.8. The lowest BCUT2D eigenvalue weighted by Gasteiger charge is -2.06. The maximum absolute atomic E-state index is 10.8. The van der Waals surface area contributed by atoms with Crippen molar-refractivity contribution in [1.29, 1.82) is 5.41 Å². The molecule has 0 aromatic carbocycles. The first-order valence-corrected chi connectivity index (χ1v) is 5.90. The number of nitrogens with one attached hydrogen (secondary N) is 1. The van der Waals surface area contributed by atoms with E-state index in [1.807, 2.05) is 12.1 Å². The van der Waals surface area contributed by atoms with Crippen LogP contribution in [0.4, 0.5) is 0 Å². The van der Waals surface area contributed by atoms with Gasteiger partial charge in [0.2, 0.25) is 0 Å². The molecular weight excluding hydrogens is 258 g/mol. The molecule has 0 bridgehead atoms. The molecule has 2 rings (SSSR count). The summed E-state index contributed by atoms with van der Waals surface area (Å²) in [7, 11) is 0. The highest BCUT2D eigenvalue weighted by Crippen LogP contribution is 2.04. The smallest absolute Gasteiger partial charge is 0.335 e. The molecule has 0 amide bonds. The zero-order chi connectivity index (χ0) is 14.4. The Hall–Kier alpha value is -2.60. The summed E-state index contributed by atoms with van der Waals surface area (Å²) in [6.07, 6.45) is 4.73. The van der Waals surface area contributed by atoms with E-state index in [-0.39, 0.29) is 17.9 Å². The molecule has 6 heteroatoms. The summed E-state index contributed by atoms with van der Waals surface area (Å²) in [6.45, 7) is 0.403. The molecule has 2 aromatic heterocycles. The second-order valence-electron chi connectivity index (χ2n) is 4.07. The molecule has 6 nitrogen and oxygen atoms in total. The number of pyridine rings is 2. The van der Waals surface area contributed by atoms with E-state index in [1.54, 1.807) is 12.4 Å².